The number of nitroso groups, excluding NO2 is 1. The minimum atomic E-state index is -0.510. The minimum absolute atomic E-state index is 0.0725. The lowest BCUT2D eigenvalue weighted by Crippen LogP contribution is -2.49. The fraction of sp³-hybridized carbons (Fsp3) is 0.700. The molecule has 1 aliphatic rings. The van der Waals surface area contributed by atoms with Crippen LogP contribution in [0.2, 0.25) is 0 Å². The summed E-state index contributed by atoms with van der Waals surface area (Å²) in [6, 6.07) is 0. The average Bonchev–Trinajstić information content (AvgIpc) is 2.12. The van der Waals surface area contributed by atoms with E-state index >= 15 is 0 Å². The van der Waals surface area contributed by atoms with Gasteiger partial charge in [-0.3, -0.25) is 0 Å². The molecule has 0 aromatic heterocycles. The molecule has 78 valence electrons. The first kappa shape index (κ1) is 10.9. The number of hydrogen-bond donors (Lipinski definition) is 0. The van der Waals surface area contributed by atoms with Gasteiger partial charge in [-0.25, -0.2) is 4.79 Å². The van der Waals surface area contributed by atoms with Crippen molar-refractivity contribution < 1.29 is 9.53 Å². The first-order valence-corrected chi connectivity index (χ1v) is 4.67. The van der Waals surface area contributed by atoms with Crippen LogP contribution in [-0.4, -0.2) is 18.1 Å². The van der Waals surface area contributed by atoms with Crippen LogP contribution in [-0.2, 0) is 9.53 Å². The first-order chi connectivity index (χ1) is 6.49. The van der Waals surface area contributed by atoms with E-state index in [2.05, 4.69) is 11.8 Å². The summed E-state index contributed by atoms with van der Waals surface area (Å²) in [7, 11) is 0. The molecule has 1 fully saturated rings. The molecule has 0 spiro atoms. The highest BCUT2D eigenvalue weighted by molar-refractivity contribution is 5.87. The van der Waals surface area contributed by atoms with Gasteiger partial charge in [-0.1, -0.05) is 11.8 Å². The number of hydrogen-bond acceptors (Lipinski definition) is 4. The zero-order chi connectivity index (χ0) is 10.8. The van der Waals surface area contributed by atoms with Gasteiger partial charge in [0.25, 0.3) is 0 Å². The molecular weight excluding hydrogens is 182 g/mol. The molecule has 2 unspecified atom stereocenters. The van der Waals surface area contributed by atoms with Crippen molar-refractivity contribution in [2.75, 3.05) is 6.54 Å². The normalized spacial score (nSPS) is 30.3. The third-order valence-electron chi connectivity index (χ3n) is 2.82. The molecule has 0 bridgehead atoms. The fourth-order valence-electron chi connectivity index (χ4n) is 1.56. The maximum Gasteiger partial charge on any atom is 0.333 e. The van der Waals surface area contributed by atoms with Gasteiger partial charge in [0.15, 0.2) is 0 Å². The lowest BCUT2D eigenvalue weighted by atomic mass is 9.70. The van der Waals surface area contributed by atoms with Crippen LogP contribution in [0.25, 0.3) is 0 Å². The Balaban J connectivity index is 2.54. The van der Waals surface area contributed by atoms with Gasteiger partial charge in [-0.15, -0.1) is 0 Å². The summed E-state index contributed by atoms with van der Waals surface area (Å²) >= 11 is 0. The second-order valence-corrected chi connectivity index (χ2v) is 4.03. The van der Waals surface area contributed by atoms with E-state index in [-0.39, 0.29) is 18.4 Å². The lowest BCUT2D eigenvalue weighted by Gasteiger charge is -2.44. The van der Waals surface area contributed by atoms with Crippen LogP contribution in [0, 0.1) is 10.8 Å². The second-order valence-electron chi connectivity index (χ2n) is 4.03. The highest BCUT2D eigenvalue weighted by Crippen LogP contribution is 2.42. The third-order valence-corrected chi connectivity index (χ3v) is 2.82. The second kappa shape index (κ2) is 3.90. The van der Waals surface area contributed by atoms with Crippen LogP contribution in [0.1, 0.15) is 26.7 Å². The number of esters is 1. The maximum atomic E-state index is 11.3. The van der Waals surface area contributed by atoms with Crippen molar-refractivity contribution in [1.29, 1.82) is 0 Å². The molecule has 1 rings (SSSR count). The number of rotatable bonds is 4. The zero-order valence-electron chi connectivity index (χ0n) is 8.58. The van der Waals surface area contributed by atoms with Gasteiger partial charge < -0.3 is 4.74 Å². The Morgan fingerprint density at radius 1 is 1.71 bits per heavy atom. The van der Waals surface area contributed by atoms with Gasteiger partial charge in [-0.2, -0.15) is 4.91 Å². The molecule has 0 saturated heterocycles. The van der Waals surface area contributed by atoms with Crippen molar-refractivity contribution in [2.45, 2.75) is 32.3 Å². The van der Waals surface area contributed by atoms with E-state index in [9.17, 15) is 9.70 Å². The van der Waals surface area contributed by atoms with Crippen molar-refractivity contribution in [3.05, 3.63) is 17.1 Å². The lowest BCUT2D eigenvalue weighted by molar-refractivity contribution is -0.172. The van der Waals surface area contributed by atoms with Crippen LogP contribution >= 0.6 is 0 Å². The Hall–Kier alpha value is -1.19. The summed E-state index contributed by atoms with van der Waals surface area (Å²) in [5.74, 6) is -0.314. The predicted octanol–water partition coefficient (Wildman–Crippen LogP) is 2.04. The molecule has 0 N–H and O–H groups in total. The van der Waals surface area contributed by atoms with Crippen LogP contribution in [0.4, 0.5) is 0 Å². The van der Waals surface area contributed by atoms with Crippen LogP contribution < -0.4 is 0 Å². The quantitative estimate of drug-likeness (QED) is 0.393. The predicted molar refractivity (Wildman–Crippen MR) is 52.7 cm³/mol. The fourth-order valence-corrected chi connectivity index (χ4v) is 1.56. The molecule has 14 heavy (non-hydrogen) atoms. The first-order valence-electron chi connectivity index (χ1n) is 4.67. The van der Waals surface area contributed by atoms with Gasteiger partial charge in [0.2, 0.25) is 0 Å². The SMILES string of the molecule is C=C(C)C(=O)OC1(C)CCC1CN=O. The molecular formula is C10H15NO3. The summed E-state index contributed by atoms with van der Waals surface area (Å²) in [5, 5.41) is 2.84. The topological polar surface area (TPSA) is 55.7 Å². The molecule has 0 aliphatic heterocycles. The van der Waals surface area contributed by atoms with Crippen molar-refractivity contribution in [2.24, 2.45) is 11.1 Å². The van der Waals surface area contributed by atoms with Crippen molar-refractivity contribution in [1.82, 2.24) is 0 Å². The number of carbonyl (C=O) groups excluding carboxylic acids is 1. The number of ether oxygens (including phenoxy) is 1. The number of nitrogens with zero attached hydrogens (tertiary/aromatic N) is 1. The molecule has 2 atom stereocenters. The molecule has 4 heteroatoms. The third kappa shape index (κ3) is 2.00. The van der Waals surface area contributed by atoms with Crippen LogP contribution in [0.15, 0.2) is 17.3 Å². The smallest absolute Gasteiger partial charge is 0.333 e. The average molecular weight is 197 g/mol. The molecule has 1 aliphatic carbocycles. The van der Waals surface area contributed by atoms with Crippen LogP contribution in [0.5, 0.6) is 0 Å². The molecule has 4 nitrogen and oxygen atoms in total. The Labute approximate surface area is 83.3 Å². The van der Waals surface area contributed by atoms with Crippen molar-refractivity contribution in [3.63, 3.8) is 0 Å². The van der Waals surface area contributed by atoms with E-state index < -0.39 is 5.60 Å². The zero-order valence-corrected chi connectivity index (χ0v) is 8.58. The van der Waals surface area contributed by atoms with Gasteiger partial charge in [0.1, 0.15) is 5.60 Å². The number of carbonyl (C=O) groups is 1. The van der Waals surface area contributed by atoms with E-state index in [0.717, 1.165) is 12.8 Å². The summed E-state index contributed by atoms with van der Waals surface area (Å²) in [6.07, 6.45) is 1.69. The largest absolute Gasteiger partial charge is 0.456 e. The molecule has 0 radical (unpaired) electrons. The van der Waals surface area contributed by atoms with Crippen molar-refractivity contribution >= 4 is 5.97 Å². The van der Waals surface area contributed by atoms with E-state index in [1.165, 1.54) is 0 Å². The molecule has 0 heterocycles. The standard InChI is InChI=1S/C10H15NO3/c1-7(2)9(12)14-10(3)5-4-8(10)6-11-13/h8H,1,4-6H2,2-3H3. The molecule has 1 saturated carbocycles. The van der Waals surface area contributed by atoms with E-state index in [0.29, 0.717) is 5.57 Å². The van der Waals surface area contributed by atoms with Gasteiger partial charge in [0.05, 0.1) is 6.54 Å². The molecule has 0 amide bonds. The van der Waals surface area contributed by atoms with Gasteiger partial charge >= 0.3 is 5.97 Å². The van der Waals surface area contributed by atoms with Gasteiger partial charge in [0, 0.05) is 11.5 Å². The summed E-state index contributed by atoms with van der Waals surface area (Å²) < 4.78 is 5.26. The summed E-state index contributed by atoms with van der Waals surface area (Å²) in [6.45, 7) is 7.18. The Kier molecular flexibility index (Phi) is 3.03. The monoisotopic (exact) mass is 197 g/mol. The molecule has 0 aromatic carbocycles. The maximum absolute atomic E-state index is 11.3. The highest BCUT2D eigenvalue weighted by atomic mass is 16.6. The van der Waals surface area contributed by atoms with Gasteiger partial charge in [-0.05, 0) is 26.7 Å². The van der Waals surface area contributed by atoms with E-state index in [1.807, 2.05) is 6.92 Å². The molecule has 0 aromatic rings. The Morgan fingerprint density at radius 3 is 2.71 bits per heavy atom. The minimum Gasteiger partial charge on any atom is -0.456 e. The van der Waals surface area contributed by atoms with E-state index in [1.54, 1.807) is 6.92 Å². The van der Waals surface area contributed by atoms with Crippen LogP contribution in [0.3, 0.4) is 0 Å². The highest BCUT2D eigenvalue weighted by Gasteiger charge is 2.46. The Morgan fingerprint density at radius 2 is 2.36 bits per heavy atom. The van der Waals surface area contributed by atoms with E-state index in [4.69, 9.17) is 4.74 Å². The summed E-state index contributed by atoms with van der Waals surface area (Å²) in [4.78, 5) is 21.4. The Bertz CT molecular complexity index is 275. The summed E-state index contributed by atoms with van der Waals surface area (Å²) in [5.41, 5.74) is -0.125. The van der Waals surface area contributed by atoms with Crippen molar-refractivity contribution in [3.8, 4) is 0 Å².